The lowest BCUT2D eigenvalue weighted by atomic mass is 10.0. The first-order valence-electron chi connectivity index (χ1n) is 11.9. The van der Waals surface area contributed by atoms with Crippen molar-refractivity contribution >= 4 is 22.8 Å². The predicted octanol–water partition coefficient (Wildman–Crippen LogP) is 2.52. The Balaban J connectivity index is 1.42. The van der Waals surface area contributed by atoms with Gasteiger partial charge in [0.15, 0.2) is 0 Å². The zero-order chi connectivity index (χ0) is 25.4. The molecule has 190 valence electrons. The van der Waals surface area contributed by atoms with Gasteiger partial charge in [-0.15, -0.1) is 0 Å². The summed E-state index contributed by atoms with van der Waals surface area (Å²) in [7, 11) is 0. The quantitative estimate of drug-likeness (QED) is 0.460. The number of piperidine rings is 1. The molecule has 3 heterocycles. The van der Waals surface area contributed by atoms with Crippen LogP contribution in [0.3, 0.4) is 0 Å². The maximum absolute atomic E-state index is 14.7. The number of alkyl halides is 1. The van der Waals surface area contributed by atoms with Crippen LogP contribution in [0.15, 0.2) is 24.5 Å². The molecule has 0 unspecified atom stereocenters. The summed E-state index contributed by atoms with van der Waals surface area (Å²) in [4.78, 5) is 37.9. The Bertz CT molecular complexity index is 1310. The second-order valence-corrected chi connectivity index (χ2v) is 9.35. The van der Waals surface area contributed by atoms with Gasteiger partial charge in [-0.2, -0.15) is 0 Å². The minimum atomic E-state index is -1.48. The number of aliphatic hydroxyl groups excluding tert-OH is 1. The van der Waals surface area contributed by atoms with Crippen LogP contribution >= 0.6 is 0 Å². The smallest absolute Gasteiger partial charge is 0.255 e. The van der Waals surface area contributed by atoms with Crippen LogP contribution in [0.25, 0.3) is 22.3 Å². The lowest BCUT2D eigenvalue weighted by Gasteiger charge is -2.34. The Labute approximate surface area is 205 Å². The van der Waals surface area contributed by atoms with Crippen LogP contribution in [0.5, 0.6) is 5.75 Å². The number of aryl methyl sites for hydroxylation is 1. The number of carbonyl (C=O) groups is 2. The zero-order valence-electron chi connectivity index (χ0n) is 19.8. The van der Waals surface area contributed by atoms with Crippen molar-refractivity contribution in [2.24, 2.45) is 5.92 Å². The number of ether oxygens (including phenoxy) is 1. The van der Waals surface area contributed by atoms with E-state index < -0.39 is 36.5 Å². The molecule has 2 aliphatic rings. The first-order chi connectivity index (χ1) is 17.4. The summed E-state index contributed by atoms with van der Waals surface area (Å²) < 4.78 is 34.9. The Kier molecular flexibility index (Phi) is 6.57. The van der Waals surface area contributed by atoms with Crippen molar-refractivity contribution in [1.29, 1.82) is 0 Å². The van der Waals surface area contributed by atoms with Gasteiger partial charge in [-0.1, -0.05) is 0 Å². The number of hydrogen-bond donors (Lipinski definition) is 3. The number of fused-ring (bicyclic) bond motifs is 1. The van der Waals surface area contributed by atoms with Crippen LogP contribution in [0, 0.1) is 18.7 Å². The van der Waals surface area contributed by atoms with Crippen LogP contribution in [0.1, 0.15) is 35.3 Å². The molecule has 0 radical (unpaired) electrons. The Morgan fingerprint density at radius 2 is 2.08 bits per heavy atom. The fourth-order valence-corrected chi connectivity index (χ4v) is 4.54. The van der Waals surface area contributed by atoms with E-state index >= 15 is 0 Å². The third-order valence-corrected chi connectivity index (χ3v) is 6.71. The Hall–Kier alpha value is -3.60. The summed E-state index contributed by atoms with van der Waals surface area (Å²) in [5.74, 6) is -0.508. The Morgan fingerprint density at radius 1 is 1.28 bits per heavy atom. The second-order valence-electron chi connectivity index (χ2n) is 9.35. The predicted molar refractivity (Wildman–Crippen MR) is 127 cm³/mol. The molecule has 3 N–H and O–H groups in total. The first kappa shape index (κ1) is 24.1. The van der Waals surface area contributed by atoms with Crippen molar-refractivity contribution in [1.82, 2.24) is 25.2 Å². The minimum Gasteiger partial charge on any atom is -0.493 e. The second kappa shape index (κ2) is 9.81. The molecular formula is C25H27F2N5O4. The van der Waals surface area contributed by atoms with E-state index in [4.69, 9.17) is 9.84 Å². The van der Waals surface area contributed by atoms with Crippen molar-refractivity contribution < 1.29 is 28.2 Å². The third kappa shape index (κ3) is 4.75. The number of amides is 2. The number of rotatable bonds is 7. The monoisotopic (exact) mass is 499 g/mol. The molecule has 3 aromatic rings. The number of aliphatic hydroxyl groups is 1. The lowest BCUT2D eigenvalue weighted by Crippen LogP contribution is -2.54. The van der Waals surface area contributed by atoms with Crippen LogP contribution < -0.4 is 10.1 Å². The molecule has 2 fully saturated rings. The van der Waals surface area contributed by atoms with Gasteiger partial charge in [0.05, 0.1) is 30.3 Å². The Morgan fingerprint density at radius 3 is 2.81 bits per heavy atom. The van der Waals surface area contributed by atoms with Crippen molar-refractivity contribution in [3.63, 3.8) is 0 Å². The number of likely N-dealkylation sites (tertiary alicyclic amines) is 1. The average Bonchev–Trinajstić information content (AvgIpc) is 3.63. The summed E-state index contributed by atoms with van der Waals surface area (Å²) in [6.45, 7) is 1.59. The molecule has 1 aliphatic heterocycles. The molecule has 2 amide bonds. The van der Waals surface area contributed by atoms with E-state index in [0.717, 1.165) is 12.8 Å². The number of aromatic nitrogens is 3. The van der Waals surface area contributed by atoms with E-state index in [0.29, 0.717) is 46.3 Å². The molecule has 0 bridgehead atoms. The molecule has 1 saturated heterocycles. The van der Waals surface area contributed by atoms with E-state index in [9.17, 15) is 18.4 Å². The molecule has 0 spiro atoms. The van der Waals surface area contributed by atoms with Gasteiger partial charge in [-0.25, -0.2) is 18.7 Å². The van der Waals surface area contributed by atoms with Gasteiger partial charge in [-0.05, 0) is 50.3 Å². The highest BCUT2D eigenvalue weighted by atomic mass is 19.1. The molecule has 36 heavy (non-hydrogen) atoms. The van der Waals surface area contributed by atoms with Crippen molar-refractivity contribution in [3.05, 3.63) is 41.6 Å². The fourth-order valence-electron chi connectivity index (χ4n) is 4.54. The number of aromatic amines is 1. The maximum atomic E-state index is 14.7. The van der Waals surface area contributed by atoms with Crippen molar-refractivity contribution in [2.75, 3.05) is 26.3 Å². The van der Waals surface area contributed by atoms with Crippen LogP contribution in [0.4, 0.5) is 8.78 Å². The standard InChI is InChI=1S/C25H27F2N5O4/c1-13-21(25(35)31-18-6-7-32(9-17(18)27)20(34)10-33)23-24(30-13)22(28-12-29-23)16-8-15(26)4-5-19(16)36-11-14-2-3-14/h4-5,8,12,14,17-18,30,33H,2-3,6-7,9-11H2,1H3,(H,31,35)/t17-,18+/m1/s1. The molecule has 2 aromatic heterocycles. The lowest BCUT2D eigenvalue weighted by molar-refractivity contribution is -0.136. The highest BCUT2D eigenvalue weighted by Gasteiger charge is 2.33. The molecular weight excluding hydrogens is 472 g/mol. The number of nitrogens with zero attached hydrogens (tertiary/aromatic N) is 3. The fraction of sp³-hybridized carbons (Fsp3) is 0.440. The number of benzene rings is 1. The third-order valence-electron chi connectivity index (χ3n) is 6.71. The van der Waals surface area contributed by atoms with E-state index in [1.165, 1.54) is 23.4 Å². The highest BCUT2D eigenvalue weighted by molar-refractivity contribution is 6.09. The average molecular weight is 500 g/mol. The van der Waals surface area contributed by atoms with Gasteiger partial charge in [-0.3, -0.25) is 9.59 Å². The van der Waals surface area contributed by atoms with E-state index in [2.05, 4.69) is 20.3 Å². The maximum Gasteiger partial charge on any atom is 0.255 e. The number of nitrogens with one attached hydrogen (secondary N) is 2. The molecule has 11 heteroatoms. The van der Waals surface area contributed by atoms with Crippen LogP contribution in [-0.4, -0.2) is 75.3 Å². The van der Waals surface area contributed by atoms with Crippen LogP contribution in [-0.2, 0) is 4.79 Å². The van der Waals surface area contributed by atoms with Crippen molar-refractivity contribution in [3.8, 4) is 17.0 Å². The molecule has 1 saturated carbocycles. The normalized spacial score (nSPS) is 19.9. The van der Waals surface area contributed by atoms with Crippen molar-refractivity contribution in [2.45, 2.75) is 38.4 Å². The number of hydrogen-bond acceptors (Lipinski definition) is 6. The topological polar surface area (TPSA) is 120 Å². The summed E-state index contributed by atoms with van der Waals surface area (Å²) >= 11 is 0. The summed E-state index contributed by atoms with van der Waals surface area (Å²) in [6.07, 6.45) is 2.25. The zero-order valence-corrected chi connectivity index (χ0v) is 19.8. The number of carbonyl (C=O) groups excluding carboxylic acids is 2. The van der Waals surface area contributed by atoms with Gasteiger partial charge in [0.1, 0.15) is 41.9 Å². The number of halogens is 2. The summed E-state index contributed by atoms with van der Waals surface area (Å²) in [5.41, 5.74) is 2.36. The van der Waals surface area contributed by atoms with E-state index in [-0.39, 0.29) is 25.1 Å². The minimum absolute atomic E-state index is 0.202. The number of H-pyrrole nitrogens is 1. The van der Waals surface area contributed by atoms with Crippen LogP contribution in [0.2, 0.25) is 0 Å². The van der Waals surface area contributed by atoms with Gasteiger partial charge < -0.3 is 25.0 Å². The summed E-state index contributed by atoms with van der Waals surface area (Å²) in [5, 5.41) is 11.7. The largest absolute Gasteiger partial charge is 0.493 e. The van der Waals surface area contributed by atoms with Gasteiger partial charge in [0, 0.05) is 17.8 Å². The molecule has 5 rings (SSSR count). The van der Waals surface area contributed by atoms with Gasteiger partial charge in [0.25, 0.3) is 5.91 Å². The molecule has 1 aromatic carbocycles. The first-order valence-corrected chi connectivity index (χ1v) is 11.9. The van der Waals surface area contributed by atoms with E-state index in [1.807, 2.05) is 0 Å². The van der Waals surface area contributed by atoms with E-state index in [1.54, 1.807) is 13.0 Å². The molecule has 1 aliphatic carbocycles. The van der Waals surface area contributed by atoms with Gasteiger partial charge >= 0.3 is 0 Å². The highest BCUT2D eigenvalue weighted by Crippen LogP contribution is 2.36. The molecule has 9 nitrogen and oxygen atoms in total. The summed E-state index contributed by atoms with van der Waals surface area (Å²) in [6, 6.07) is 3.45. The molecule has 2 atom stereocenters. The SMILES string of the molecule is Cc1[nH]c2c(-c3cc(F)ccc3OCC3CC3)ncnc2c1C(=O)N[C@H]1CCN(C(=O)CO)C[C@H]1F. The van der Waals surface area contributed by atoms with Gasteiger partial charge in [0.2, 0.25) is 5.91 Å².